The number of pyridine rings is 1. The van der Waals surface area contributed by atoms with Gasteiger partial charge in [0.1, 0.15) is 6.61 Å². The quantitative estimate of drug-likeness (QED) is 0.754. The van der Waals surface area contributed by atoms with Gasteiger partial charge in [-0.3, -0.25) is 4.90 Å². The minimum atomic E-state index is 0.534. The molecule has 0 aliphatic heterocycles. The van der Waals surface area contributed by atoms with Crippen LogP contribution in [0.25, 0.3) is 0 Å². The molecule has 4 heteroatoms. The maximum Gasteiger partial charge on any atom is 0.213 e. The lowest BCUT2D eigenvalue weighted by Crippen LogP contribution is -2.39. The maximum atomic E-state index is 5.78. The monoisotopic (exact) mass is 279 g/mol. The molecule has 1 heterocycles. The highest BCUT2D eigenvalue weighted by molar-refractivity contribution is 5.20. The van der Waals surface area contributed by atoms with Gasteiger partial charge in [-0.25, -0.2) is 4.98 Å². The second-order valence-electron chi connectivity index (χ2n) is 5.56. The molecule has 0 radical (unpaired) electrons. The fraction of sp³-hybridized carbons (Fsp3) is 0.688. The maximum absolute atomic E-state index is 5.78. The van der Waals surface area contributed by atoms with E-state index in [1.807, 2.05) is 18.3 Å². The van der Waals surface area contributed by atoms with Gasteiger partial charge in [-0.15, -0.1) is 0 Å². The van der Waals surface area contributed by atoms with E-state index in [2.05, 4.69) is 49.8 Å². The first-order chi connectivity index (χ1) is 9.54. The van der Waals surface area contributed by atoms with Crippen LogP contribution in [-0.2, 0) is 6.54 Å². The van der Waals surface area contributed by atoms with Crippen molar-refractivity contribution >= 4 is 0 Å². The van der Waals surface area contributed by atoms with Gasteiger partial charge in [-0.2, -0.15) is 0 Å². The van der Waals surface area contributed by atoms with Crippen LogP contribution in [0.1, 0.15) is 40.2 Å². The molecule has 1 aromatic heterocycles. The zero-order chi connectivity index (χ0) is 15.0. The van der Waals surface area contributed by atoms with Gasteiger partial charge in [0.2, 0.25) is 5.88 Å². The van der Waals surface area contributed by atoms with E-state index in [1.165, 1.54) is 5.56 Å². The van der Waals surface area contributed by atoms with Crippen LogP contribution in [0.2, 0.25) is 0 Å². The predicted octanol–water partition coefficient (Wildman–Crippen LogP) is 2.69. The Balaban J connectivity index is 2.45. The Morgan fingerprint density at radius 3 is 2.55 bits per heavy atom. The van der Waals surface area contributed by atoms with E-state index in [0.717, 1.165) is 19.6 Å². The van der Waals surface area contributed by atoms with Gasteiger partial charge < -0.3 is 10.1 Å². The lowest BCUT2D eigenvalue weighted by atomic mass is 10.2. The van der Waals surface area contributed by atoms with Crippen LogP contribution in [0.3, 0.4) is 0 Å². The van der Waals surface area contributed by atoms with Crippen LogP contribution in [0, 0.1) is 0 Å². The highest BCUT2D eigenvalue weighted by Crippen LogP contribution is 2.10. The molecule has 114 valence electrons. The minimum Gasteiger partial charge on any atom is -0.476 e. The summed E-state index contributed by atoms with van der Waals surface area (Å²) in [4.78, 5) is 6.68. The largest absolute Gasteiger partial charge is 0.476 e. The van der Waals surface area contributed by atoms with Crippen molar-refractivity contribution in [2.24, 2.45) is 0 Å². The van der Waals surface area contributed by atoms with Crippen LogP contribution < -0.4 is 10.1 Å². The molecule has 0 bridgehead atoms. The molecule has 0 aromatic carbocycles. The molecule has 0 spiro atoms. The summed E-state index contributed by atoms with van der Waals surface area (Å²) in [7, 11) is 0. The smallest absolute Gasteiger partial charge is 0.213 e. The van der Waals surface area contributed by atoms with E-state index in [1.54, 1.807) is 0 Å². The summed E-state index contributed by atoms with van der Waals surface area (Å²) in [5.41, 5.74) is 1.21. The molecule has 20 heavy (non-hydrogen) atoms. The van der Waals surface area contributed by atoms with Crippen molar-refractivity contribution in [3.8, 4) is 5.88 Å². The summed E-state index contributed by atoms with van der Waals surface area (Å²) in [5.74, 6) is 0.716. The number of nitrogens with zero attached hydrogens (tertiary/aromatic N) is 2. The molecule has 0 saturated carbocycles. The van der Waals surface area contributed by atoms with Gasteiger partial charge in [0.25, 0.3) is 0 Å². The molecule has 0 atom stereocenters. The number of hydrogen-bond acceptors (Lipinski definition) is 4. The number of aromatic nitrogens is 1. The molecular weight excluding hydrogens is 250 g/mol. The fourth-order valence-corrected chi connectivity index (χ4v) is 2.28. The first-order valence-corrected chi connectivity index (χ1v) is 7.58. The number of hydrogen-bond donors (Lipinski definition) is 1. The zero-order valence-corrected chi connectivity index (χ0v) is 13.5. The average Bonchev–Trinajstić information content (AvgIpc) is 2.41. The van der Waals surface area contributed by atoms with Crippen molar-refractivity contribution < 1.29 is 4.74 Å². The van der Waals surface area contributed by atoms with E-state index >= 15 is 0 Å². The van der Waals surface area contributed by atoms with Gasteiger partial charge in [0, 0.05) is 37.4 Å². The van der Waals surface area contributed by atoms with Crippen molar-refractivity contribution in [3.63, 3.8) is 0 Å². The first kappa shape index (κ1) is 16.9. The van der Waals surface area contributed by atoms with Crippen LogP contribution in [0.15, 0.2) is 18.3 Å². The molecule has 1 aromatic rings. The predicted molar refractivity (Wildman–Crippen MR) is 84.1 cm³/mol. The summed E-state index contributed by atoms with van der Waals surface area (Å²) in [6.45, 7) is 14.4. The third kappa shape index (κ3) is 5.88. The lowest BCUT2D eigenvalue weighted by Gasteiger charge is -2.30. The van der Waals surface area contributed by atoms with Crippen molar-refractivity contribution in [3.05, 3.63) is 23.9 Å². The van der Waals surface area contributed by atoms with Crippen LogP contribution in [0.4, 0.5) is 0 Å². The van der Waals surface area contributed by atoms with E-state index in [-0.39, 0.29) is 0 Å². The molecule has 0 amide bonds. The second-order valence-corrected chi connectivity index (χ2v) is 5.56. The van der Waals surface area contributed by atoms with E-state index in [4.69, 9.17) is 4.74 Å². The molecule has 0 unspecified atom stereocenters. The minimum absolute atomic E-state index is 0.534. The van der Waals surface area contributed by atoms with Gasteiger partial charge >= 0.3 is 0 Å². The normalized spacial score (nSPS) is 11.6. The molecule has 1 N–H and O–H groups in total. The first-order valence-electron chi connectivity index (χ1n) is 7.58. The summed E-state index contributed by atoms with van der Waals surface area (Å²) >= 11 is 0. The Kier molecular flexibility index (Phi) is 7.55. The van der Waals surface area contributed by atoms with Crippen LogP contribution in [0.5, 0.6) is 5.88 Å². The topological polar surface area (TPSA) is 37.4 Å². The summed E-state index contributed by atoms with van der Waals surface area (Å²) in [6.07, 6.45) is 1.81. The molecule has 0 fully saturated rings. The van der Waals surface area contributed by atoms with E-state index in [0.29, 0.717) is 24.6 Å². The van der Waals surface area contributed by atoms with E-state index < -0.39 is 0 Å². The third-order valence-electron chi connectivity index (χ3n) is 3.30. The molecule has 0 aliphatic rings. The number of ether oxygens (including phenoxy) is 1. The molecule has 4 nitrogen and oxygen atoms in total. The Morgan fingerprint density at radius 2 is 1.95 bits per heavy atom. The third-order valence-corrected chi connectivity index (χ3v) is 3.30. The van der Waals surface area contributed by atoms with Crippen molar-refractivity contribution in [1.82, 2.24) is 15.2 Å². The van der Waals surface area contributed by atoms with Gasteiger partial charge in [-0.1, -0.05) is 6.92 Å². The Bertz CT molecular complexity index is 372. The van der Waals surface area contributed by atoms with Crippen molar-refractivity contribution in [2.45, 2.75) is 53.2 Å². The Hall–Kier alpha value is -1.13. The number of nitrogens with one attached hydrogen (secondary N) is 1. The highest BCUT2D eigenvalue weighted by Gasteiger charge is 2.12. The van der Waals surface area contributed by atoms with Crippen molar-refractivity contribution in [1.29, 1.82) is 0 Å². The van der Waals surface area contributed by atoms with Crippen molar-refractivity contribution in [2.75, 3.05) is 19.7 Å². The molecular formula is C16H29N3O. The summed E-state index contributed by atoms with van der Waals surface area (Å²) < 4.78 is 5.78. The Labute approximate surface area is 123 Å². The number of rotatable bonds is 9. The lowest BCUT2D eigenvalue weighted by molar-refractivity contribution is 0.140. The fourth-order valence-electron chi connectivity index (χ4n) is 2.28. The van der Waals surface area contributed by atoms with Crippen LogP contribution >= 0.6 is 0 Å². The Morgan fingerprint density at radius 1 is 1.25 bits per heavy atom. The van der Waals surface area contributed by atoms with Gasteiger partial charge in [-0.05, 0) is 45.9 Å². The van der Waals surface area contributed by atoms with Gasteiger partial charge in [0.15, 0.2) is 0 Å². The summed E-state index contributed by atoms with van der Waals surface area (Å²) in [5, 5.41) is 3.30. The molecule has 1 rings (SSSR count). The average molecular weight is 279 g/mol. The van der Waals surface area contributed by atoms with E-state index in [9.17, 15) is 0 Å². The second kappa shape index (κ2) is 8.93. The molecule has 0 saturated heterocycles. The summed E-state index contributed by atoms with van der Waals surface area (Å²) in [6, 6.07) is 5.10. The van der Waals surface area contributed by atoms with Crippen LogP contribution in [-0.4, -0.2) is 41.7 Å². The van der Waals surface area contributed by atoms with Gasteiger partial charge in [0.05, 0.1) is 0 Å². The SMILES string of the molecule is CCNCc1ccnc(OCCN(C(C)C)C(C)C)c1. The highest BCUT2D eigenvalue weighted by atomic mass is 16.5. The zero-order valence-electron chi connectivity index (χ0n) is 13.5. The standard InChI is InChI=1S/C16H29N3O/c1-6-17-12-15-7-8-18-16(11-15)20-10-9-19(13(2)3)14(4)5/h7-8,11,13-14,17H,6,9-10,12H2,1-5H3. The molecule has 0 aliphatic carbocycles.